The van der Waals surface area contributed by atoms with Crippen molar-refractivity contribution in [3.05, 3.63) is 23.3 Å². The Labute approximate surface area is 104 Å². The Balaban J connectivity index is 0.00000196. The first-order chi connectivity index (χ1) is 6.44. The number of rotatable bonds is 3. The van der Waals surface area contributed by atoms with Gasteiger partial charge in [-0.1, -0.05) is 23.8 Å². The minimum atomic E-state index is -0.961. The quantitative estimate of drug-likeness (QED) is 0.775. The Hall–Kier alpha value is -0.220. The van der Waals surface area contributed by atoms with E-state index in [1.54, 1.807) is 18.2 Å². The zero-order valence-corrected chi connectivity index (χ0v) is 10.1. The second-order valence-corrected chi connectivity index (χ2v) is 4.47. The molecule has 15 heavy (non-hydrogen) atoms. The maximum absolute atomic E-state index is 10.5. The molecule has 0 aliphatic heterocycles. The van der Waals surface area contributed by atoms with Crippen LogP contribution in [0.1, 0.15) is 12.8 Å². The third-order valence-corrected chi connectivity index (χ3v) is 2.90. The first kappa shape index (κ1) is 14.8. The number of alkyl halides is 1. The van der Waals surface area contributed by atoms with E-state index in [2.05, 4.69) is 0 Å². The number of halogens is 3. The zero-order valence-electron chi connectivity index (χ0n) is 7.82. The molecule has 2 atom stereocenters. The van der Waals surface area contributed by atoms with Crippen LogP contribution in [0, 0.1) is 0 Å². The predicted octanol–water partition coefficient (Wildman–Crippen LogP) is 2.27. The number of carboxylic acids is 1. The van der Waals surface area contributed by atoms with Crippen LogP contribution in [0.4, 0.5) is 0 Å². The third-order valence-electron chi connectivity index (χ3n) is 2.10. The van der Waals surface area contributed by atoms with Gasteiger partial charge in [0, 0.05) is 17.5 Å². The van der Waals surface area contributed by atoms with Crippen molar-refractivity contribution in [2.75, 3.05) is 0 Å². The molecular formula is C9H12Cl3NO2. The van der Waals surface area contributed by atoms with Crippen molar-refractivity contribution in [1.82, 2.24) is 0 Å². The average Bonchev–Trinajstić information content (AvgIpc) is 2.02. The lowest BCUT2D eigenvalue weighted by molar-refractivity contribution is -0.137. The summed E-state index contributed by atoms with van der Waals surface area (Å²) in [5.41, 5.74) is 5.70. The van der Waals surface area contributed by atoms with Crippen LogP contribution < -0.4 is 5.73 Å². The summed E-state index contributed by atoms with van der Waals surface area (Å²) in [7, 11) is 0. The summed E-state index contributed by atoms with van der Waals surface area (Å²) in [6, 6.07) is -0.639. The molecular weight excluding hydrogens is 260 g/mol. The molecule has 0 radical (unpaired) electrons. The fourth-order valence-electron chi connectivity index (χ4n) is 1.30. The van der Waals surface area contributed by atoms with Crippen LogP contribution >= 0.6 is 35.6 Å². The topological polar surface area (TPSA) is 63.3 Å². The van der Waals surface area contributed by atoms with Gasteiger partial charge < -0.3 is 10.8 Å². The Morgan fingerprint density at radius 1 is 1.73 bits per heavy atom. The molecule has 1 aliphatic carbocycles. The molecule has 0 spiro atoms. The smallest absolute Gasteiger partial charge is 0.304 e. The lowest BCUT2D eigenvalue weighted by Gasteiger charge is -2.30. The van der Waals surface area contributed by atoms with Crippen LogP contribution in [0.3, 0.4) is 0 Å². The van der Waals surface area contributed by atoms with E-state index in [1.807, 2.05) is 0 Å². The number of nitrogens with two attached hydrogens (primary N) is 1. The first-order valence-electron chi connectivity index (χ1n) is 4.14. The van der Waals surface area contributed by atoms with Crippen LogP contribution in [-0.4, -0.2) is 22.0 Å². The summed E-state index contributed by atoms with van der Waals surface area (Å²) < 4.78 is 0. The largest absolute Gasteiger partial charge is 0.481 e. The van der Waals surface area contributed by atoms with Crippen LogP contribution in [-0.2, 0) is 4.79 Å². The highest BCUT2D eigenvalue weighted by atomic mass is 35.5. The maximum atomic E-state index is 10.5. The second-order valence-electron chi connectivity index (χ2n) is 3.28. The molecule has 3 N–H and O–H groups in total. The number of aliphatic carboxylic acids is 1. The summed E-state index contributed by atoms with van der Waals surface area (Å²) in [5, 5.41) is 9.17. The van der Waals surface area contributed by atoms with Gasteiger partial charge in [-0.05, 0) is 6.08 Å². The van der Waals surface area contributed by atoms with E-state index >= 15 is 0 Å². The monoisotopic (exact) mass is 271 g/mol. The van der Waals surface area contributed by atoms with Crippen molar-refractivity contribution in [3.63, 3.8) is 0 Å². The first-order valence-corrected chi connectivity index (χ1v) is 4.90. The summed E-state index contributed by atoms with van der Waals surface area (Å²) in [6.45, 7) is 0. The summed E-state index contributed by atoms with van der Waals surface area (Å²) >= 11 is 12.0. The highest BCUT2D eigenvalue weighted by molar-refractivity contribution is 6.32. The molecule has 0 fully saturated rings. The lowest BCUT2D eigenvalue weighted by atomic mass is 9.90. The summed E-state index contributed by atoms with van der Waals surface area (Å²) in [6.07, 6.45) is 5.31. The van der Waals surface area contributed by atoms with Crippen LogP contribution in [0.15, 0.2) is 23.3 Å². The van der Waals surface area contributed by atoms with Gasteiger partial charge >= 0.3 is 5.97 Å². The number of carbonyl (C=O) groups is 1. The molecule has 0 aromatic heterocycles. The van der Waals surface area contributed by atoms with Crippen molar-refractivity contribution in [2.24, 2.45) is 5.73 Å². The Kier molecular flexibility index (Phi) is 5.67. The van der Waals surface area contributed by atoms with Gasteiger partial charge in [0.15, 0.2) is 0 Å². The minimum Gasteiger partial charge on any atom is -0.481 e. The molecule has 0 aromatic carbocycles. The third kappa shape index (κ3) is 4.03. The van der Waals surface area contributed by atoms with Gasteiger partial charge in [-0.15, -0.1) is 24.0 Å². The molecule has 0 heterocycles. The SMILES string of the molecule is Cl.NC(CC(=O)O)C1(Cl)C=CC=C(Cl)C1. The molecule has 6 heteroatoms. The predicted molar refractivity (Wildman–Crippen MR) is 63.8 cm³/mol. The van der Waals surface area contributed by atoms with E-state index in [9.17, 15) is 4.79 Å². The lowest BCUT2D eigenvalue weighted by Crippen LogP contribution is -2.44. The van der Waals surface area contributed by atoms with Gasteiger partial charge in [-0.25, -0.2) is 0 Å². The molecule has 86 valence electrons. The normalized spacial score (nSPS) is 26.5. The highest BCUT2D eigenvalue weighted by Gasteiger charge is 2.35. The van der Waals surface area contributed by atoms with Gasteiger partial charge in [-0.2, -0.15) is 0 Å². The molecule has 2 unspecified atom stereocenters. The van der Waals surface area contributed by atoms with E-state index < -0.39 is 16.9 Å². The molecule has 0 saturated carbocycles. The average molecular weight is 273 g/mol. The van der Waals surface area contributed by atoms with E-state index in [0.717, 1.165) is 0 Å². The van der Waals surface area contributed by atoms with Crippen molar-refractivity contribution in [2.45, 2.75) is 23.8 Å². The van der Waals surface area contributed by atoms with Gasteiger partial charge in [0.05, 0.1) is 11.3 Å². The minimum absolute atomic E-state index is 0. The highest BCUT2D eigenvalue weighted by Crippen LogP contribution is 2.34. The molecule has 0 aromatic rings. The van der Waals surface area contributed by atoms with E-state index in [-0.39, 0.29) is 18.8 Å². The van der Waals surface area contributed by atoms with E-state index in [4.69, 9.17) is 34.0 Å². The van der Waals surface area contributed by atoms with E-state index in [1.165, 1.54) is 0 Å². The number of carboxylic acid groups (broad SMARTS) is 1. The number of hydrogen-bond acceptors (Lipinski definition) is 2. The van der Waals surface area contributed by atoms with Crippen molar-refractivity contribution in [1.29, 1.82) is 0 Å². The van der Waals surface area contributed by atoms with Crippen molar-refractivity contribution >= 4 is 41.6 Å². The van der Waals surface area contributed by atoms with Gasteiger partial charge in [0.25, 0.3) is 0 Å². The number of allylic oxidation sites excluding steroid dienone is 3. The van der Waals surface area contributed by atoms with Crippen molar-refractivity contribution < 1.29 is 9.90 Å². The van der Waals surface area contributed by atoms with Gasteiger partial charge in [-0.3, -0.25) is 4.79 Å². The fraction of sp³-hybridized carbons (Fsp3) is 0.444. The van der Waals surface area contributed by atoms with Crippen molar-refractivity contribution in [3.8, 4) is 0 Å². The zero-order chi connectivity index (χ0) is 10.8. The van der Waals surface area contributed by atoms with Gasteiger partial charge in [0.1, 0.15) is 0 Å². The summed E-state index contributed by atoms with van der Waals surface area (Å²) in [4.78, 5) is 9.59. The molecule has 0 bridgehead atoms. The Bertz CT molecular complexity index is 304. The molecule has 0 saturated heterocycles. The molecule has 1 aliphatic rings. The second kappa shape index (κ2) is 5.75. The van der Waals surface area contributed by atoms with Crippen LogP contribution in [0.5, 0.6) is 0 Å². The Morgan fingerprint density at radius 3 is 2.80 bits per heavy atom. The van der Waals surface area contributed by atoms with Gasteiger partial charge in [0.2, 0.25) is 0 Å². The van der Waals surface area contributed by atoms with Crippen LogP contribution in [0.2, 0.25) is 0 Å². The number of hydrogen-bond donors (Lipinski definition) is 2. The molecule has 3 nitrogen and oxygen atoms in total. The van der Waals surface area contributed by atoms with E-state index in [0.29, 0.717) is 11.5 Å². The fourth-order valence-corrected chi connectivity index (χ4v) is 1.96. The molecule has 1 rings (SSSR count). The molecule has 0 amide bonds. The standard InChI is InChI=1S/C9H11Cl2NO2.ClH/c10-6-2-1-3-9(11,5-6)7(12)4-8(13)14;/h1-3,7H,4-5,12H2,(H,13,14);1H. The van der Waals surface area contributed by atoms with Crippen LogP contribution in [0.25, 0.3) is 0 Å². The maximum Gasteiger partial charge on any atom is 0.304 e. The Morgan fingerprint density at radius 2 is 2.33 bits per heavy atom. The summed E-state index contributed by atoms with van der Waals surface area (Å²) in [5.74, 6) is -0.961.